The summed E-state index contributed by atoms with van der Waals surface area (Å²) in [7, 11) is 0. The van der Waals surface area contributed by atoms with Crippen LogP contribution in [0.25, 0.3) is 121 Å². The number of aromatic nitrogens is 5. The van der Waals surface area contributed by atoms with E-state index in [-0.39, 0.29) is 0 Å². The maximum Gasteiger partial charge on any atom is 0.164 e. The van der Waals surface area contributed by atoms with E-state index < -0.39 is 0 Å². The second kappa shape index (κ2) is 13.6. The zero-order valence-corrected chi connectivity index (χ0v) is 33.4. The van der Waals surface area contributed by atoms with Gasteiger partial charge in [0, 0.05) is 49.3 Å². The van der Waals surface area contributed by atoms with Gasteiger partial charge in [-0.1, -0.05) is 170 Å². The number of nitrogens with zero attached hydrogens (tertiary/aromatic N) is 5. The SMILES string of the molecule is c1ccc(-c2nc(-c3ccccc3)nc(-c3ccc4ccc(-n5c6ccccc6c6c(-n7c8ccccc8c8c9ccccc9ccc87)c7ccccc7cc65)cc4c3)n2)cc1. The summed E-state index contributed by atoms with van der Waals surface area (Å²) < 4.78 is 4.97. The van der Waals surface area contributed by atoms with Gasteiger partial charge in [-0.05, 0) is 69.4 Å². The van der Waals surface area contributed by atoms with Crippen LogP contribution in [0.15, 0.2) is 212 Å². The fraction of sp³-hybridized carbons (Fsp3) is 0. The fourth-order valence-electron chi connectivity index (χ4n) is 9.71. The van der Waals surface area contributed by atoms with Gasteiger partial charge in [-0.15, -0.1) is 0 Å². The van der Waals surface area contributed by atoms with Crippen molar-refractivity contribution in [3.63, 3.8) is 0 Å². The van der Waals surface area contributed by atoms with E-state index in [0.29, 0.717) is 17.5 Å². The molecule has 3 aromatic heterocycles. The van der Waals surface area contributed by atoms with Crippen LogP contribution in [0.1, 0.15) is 0 Å². The first-order valence-corrected chi connectivity index (χ1v) is 21.0. The molecule has 0 aliphatic rings. The third kappa shape index (κ3) is 5.25. The number of benzene rings is 10. The minimum absolute atomic E-state index is 0.636. The van der Waals surface area contributed by atoms with Gasteiger partial charge in [0.1, 0.15) is 0 Å². The maximum atomic E-state index is 5.05. The summed E-state index contributed by atoms with van der Waals surface area (Å²) in [5.74, 6) is 1.93. The first kappa shape index (κ1) is 34.5. The second-order valence-electron chi connectivity index (χ2n) is 16.0. The van der Waals surface area contributed by atoms with Crippen molar-refractivity contribution in [1.82, 2.24) is 24.1 Å². The topological polar surface area (TPSA) is 48.5 Å². The van der Waals surface area contributed by atoms with Crippen LogP contribution in [-0.4, -0.2) is 24.1 Å². The Labute approximate surface area is 356 Å². The Morgan fingerprint density at radius 3 is 1.52 bits per heavy atom. The molecule has 0 saturated heterocycles. The molecule has 0 aliphatic carbocycles. The number of fused-ring (bicyclic) bond motifs is 10. The van der Waals surface area contributed by atoms with Crippen molar-refractivity contribution in [1.29, 1.82) is 0 Å². The molecule has 288 valence electrons. The van der Waals surface area contributed by atoms with Crippen molar-refractivity contribution >= 4 is 75.9 Å². The molecule has 0 saturated carbocycles. The molecule has 0 aliphatic heterocycles. The Morgan fingerprint density at radius 2 is 0.806 bits per heavy atom. The lowest BCUT2D eigenvalue weighted by molar-refractivity contribution is 1.07. The van der Waals surface area contributed by atoms with E-state index in [9.17, 15) is 0 Å². The normalized spacial score (nSPS) is 11.9. The quantitative estimate of drug-likeness (QED) is 0.174. The molecule has 0 unspecified atom stereocenters. The molecule has 0 fully saturated rings. The molecule has 3 heterocycles. The highest BCUT2D eigenvalue weighted by Crippen LogP contribution is 2.45. The van der Waals surface area contributed by atoms with E-state index in [4.69, 9.17) is 15.0 Å². The van der Waals surface area contributed by atoms with Gasteiger partial charge in [0.2, 0.25) is 0 Å². The molecule has 0 bridgehead atoms. The van der Waals surface area contributed by atoms with Gasteiger partial charge in [-0.25, -0.2) is 15.0 Å². The van der Waals surface area contributed by atoms with E-state index in [1.807, 2.05) is 60.7 Å². The van der Waals surface area contributed by atoms with Crippen LogP contribution >= 0.6 is 0 Å². The Balaban J connectivity index is 1.06. The number of rotatable bonds is 5. The molecule has 5 heteroatoms. The summed E-state index contributed by atoms with van der Waals surface area (Å²) in [6.45, 7) is 0. The molecule has 0 amide bonds. The van der Waals surface area contributed by atoms with Crippen LogP contribution in [0, 0.1) is 0 Å². The molecule has 62 heavy (non-hydrogen) atoms. The zero-order valence-electron chi connectivity index (χ0n) is 33.4. The summed E-state index contributed by atoms with van der Waals surface area (Å²) in [5.41, 5.74) is 9.79. The van der Waals surface area contributed by atoms with Gasteiger partial charge in [0.25, 0.3) is 0 Å². The highest BCUT2D eigenvalue weighted by atomic mass is 15.0. The molecule has 13 rings (SSSR count). The number of para-hydroxylation sites is 2. The first-order chi connectivity index (χ1) is 30.7. The summed E-state index contributed by atoms with van der Waals surface area (Å²) in [5, 5.41) is 12.1. The van der Waals surface area contributed by atoms with Gasteiger partial charge in [0.15, 0.2) is 17.5 Å². The Bertz CT molecular complexity index is 3860. The van der Waals surface area contributed by atoms with Crippen molar-refractivity contribution in [2.24, 2.45) is 0 Å². The Morgan fingerprint density at radius 1 is 0.274 bits per heavy atom. The lowest BCUT2D eigenvalue weighted by atomic mass is 10.0. The smallest absolute Gasteiger partial charge is 0.164 e. The average Bonchev–Trinajstić information content (AvgIpc) is 3.86. The molecular formula is C57H35N5. The van der Waals surface area contributed by atoms with Crippen LogP contribution in [0.4, 0.5) is 0 Å². The van der Waals surface area contributed by atoms with Crippen LogP contribution in [0.5, 0.6) is 0 Å². The van der Waals surface area contributed by atoms with Crippen LogP contribution in [-0.2, 0) is 0 Å². The van der Waals surface area contributed by atoms with Crippen molar-refractivity contribution in [3.8, 4) is 45.5 Å². The lowest BCUT2D eigenvalue weighted by Gasteiger charge is -2.16. The predicted molar refractivity (Wildman–Crippen MR) is 257 cm³/mol. The molecule has 0 N–H and O–H groups in total. The summed E-state index contributed by atoms with van der Waals surface area (Å²) >= 11 is 0. The minimum Gasteiger partial charge on any atom is -0.309 e. The van der Waals surface area contributed by atoms with Gasteiger partial charge in [-0.3, -0.25) is 0 Å². The van der Waals surface area contributed by atoms with Crippen molar-refractivity contribution in [2.75, 3.05) is 0 Å². The molecule has 10 aromatic carbocycles. The lowest BCUT2D eigenvalue weighted by Crippen LogP contribution is -2.00. The van der Waals surface area contributed by atoms with E-state index in [0.717, 1.165) is 44.2 Å². The molecule has 0 atom stereocenters. The predicted octanol–water partition coefficient (Wildman–Crippen LogP) is 14.5. The van der Waals surface area contributed by atoms with Gasteiger partial charge in [-0.2, -0.15) is 0 Å². The highest BCUT2D eigenvalue weighted by molar-refractivity contribution is 6.25. The van der Waals surface area contributed by atoms with Crippen LogP contribution in [0.2, 0.25) is 0 Å². The molecule has 13 aromatic rings. The minimum atomic E-state index is 0.636. The van der Waals surface area contributed by atoms with Crippen molar-refractivity contribution in [2.45, 2.75) is 0 Å². The van der Waals surface area contributed by atoms with Crippen molar-refractivity contribution < 1.29 is 0 Å². The van der Waals surface area contributed by atoms with Gasteiger partial charge < -0.3 is 9.13 Å². The maximum absolute atomic E-state index is 5.05. The fourth-order valence-corrected chi connectivity index (χ4v) is 9.71. The van der Waals surface area contributed by atoms with Crippen molar-refractivity contribution in [3.05, 3.63) is 212 Å². The van der Waals surface area contributed by atoms with E-state index in [1.54, 1.807) is 0 Å². The highest BCUT2D eigenvalue weighted by Gasteiger charge is 2.23. The standard InChI is InChI=1S/C57H35N5/c1-3-16-38(17-4-1)55-58-56(39-18-5-2-6-19-39)60-57(59-55)41-28-27-36-29-31-43(34-42(36)33-41)61-48-25-13-12-24-47(48)53-51(61)35-40-20-8-10-22-45(40)54(53)62-49-26-14-11-23-46(49)52-44-21-9-7-15-37(44)30-32-50(52)62/h1-35H. The Hall–Kier alpha value is -8.41. The summed E-state index contributed by atoms with van der Waals surface area (Å²) in [6, 6.07) is 75.8. The molecule has 0 spiro atoms. The van der Waals surface area contributed by atoms with Gasteiger partial charge in [0.05, 0.1) is 27.8 Å². The van der Waals surface area contributed by atoms with E-state index in [1.165, 1.54) is 59.8 Å². The van der Waals surface area contributed by atoms with Gasteiger partial charge >= 0.3 is 0 Å². The number of hydrogen-bond donors (Lipinski definition) is 0. The molecular weight excluding hydrogens is 755 g/mol. The van der Waals surface area contributed by atoms with E-state index >= 15 is 0 Å². The number of hydrogen-bond acceptors (Lipinski definition) is 3. The Kier molecular flexibility index (Phi) is 7.54. The molecule has 5 nitrogen and oxygen atoms in total. The van der Waals surface area contributed by atoms with Crippen LogP contribution in [0.3, 0.4) is 0 Å². The monoisotopic (exact) mass is 789 g/mol. The summed E-state index contributed by atoms with van der Waals surface area (Å²) in [4.78, 5) is 15.0. The summed E-state index contributed by atoms with van der Waals surface area (Å²) in [6.07, 6.45) is 0. The molecule has 0 radical (unpaired) electrons. The largest absolute Gasteiger partial charge is 0.309 e. The zero-order chi connectivity index (χ0) is 40.7. The van der Waals surface area contributed by atoms with Crippen LogP contribution < -0.4 is 0 Å². The first-order valence-electron chi connectivity index (χ1n) is 21.0. The van der Waals surface area contributed by atoms with E-state index in [2.05, 4.69) is 161 Å². The average molecular weight is 790 g/mol. The third-order valence-electron chi connectivity index (χ3n) is 12.5. The third-order valence-corrected chi connectivity index (χ3v) is 12.5. The second-order valence-corrected chi connectivity index (χ2v) is 16.0.